The van der Waals surface area contributed by atoms with Crippen molar-refractivity contribution in [2.24, 2.45) is 0 Å². The van der Waals surface area contributed by atoms with E-state index in [4.69, 9.17) is 0 Å². The number of imidazole rings is 1. The molecule has 0 fully saturated rings. The maximum atomic E-state index is 11.9. The number of anilines is 1. The zero-order chi connectivity index (χ0) is 16.1. The third-order valence-corrected chi connectivity index (χ3v) is 2.85. The smallest absolute Gasteiger partial charge is 0.271 e. The number of nitrogens with zero attached hydrogens (tertiary/aromatic N) is 3. The largest absolute Gasteiger partial charge is 0.348 e. The Morgan fingerprint density at radius 3 is 2.64 bits per heavy atom. The summed E-state index contributed by atoms with van der Waals surface area (Å²) in [7, 11) is 0. The molecule has 0 saturated carbocycles. The highest BCUT2D eigenvalue weighted by Crippen LogP contribution is 2.11. The molecular weight excluding hydrogens is 282 g/mol. The van der Waals surface area contributed by atoms with Crippen LogP contribution in [0, 0.1) is 0 Å². The van der Waals surface area contributed by atoms with Crippen molar-refractivity contribution in [3.8, 4) is 5.82 Å². The third-order valence-electron chi connectivity index (χ3n) is 2.85. The van der Waals surface area contributed by atoms with Gasteiger partial charge < -0.3 is 10.6 Å². The number of rotatable bonds is 5. The van der Waals surface area contributed by atoms with Crippen molar-refractivity contribution in [1.82, 2.24) is 19.9 Å². The van der Waals surface area contributed by atoms with E-state index in [1.807, 2.05) is 13.8 Å². The van der Waals surface area contributed by atoms with Gasteiger partial charge in [0.25, 0.3) is 5.91 Å². The molecule has 0 aliphatic carbocycles. The van der Waals surface area contributed by atoms with Gasteiger partial charge in [-0.1, -0.05) is 6.92 Å². The minimum Gasteiger partial charge on any atom is -0.348 e. The predicted molar refractivity (Wildman–Crippen MR) is 82.9 cm³/mol. The molecule has 0 spiro atoms. The van der Waals surface area contributed by atoms with Gasteiger partial charge in [-0.3, -0.25) is 14.2 Å². The molecule has 116 valence electrons. The number of hydrogen-bond donors (Lipinski definition) is 2. The standard InChI is InChI=1S/C15H19N5O2/c1-4-14(21)19-11-5-6-13(16-7-11)20-8-12(17-9-20)15(22)18-10(2)3/h5-10H,4H2,1-3H3,(H,18,22)(H,19,21). The molecular formula is C15H19N5O2. The summed E-state index contributed by atoms with van der Waals surface area (Å²) in [4.78, 5) is 31.5. The van der Waals surface area contributed by atoms with Crippen LogP contribution in [0.15, 0.2) is 30.9 Å². The lowest BCUT2D eigenvalue weighted by Gasteiger charge is -2.06. The summed E-state index contributed by atoms with van der Waals surface area (Å²) in [5.41, 5.74) is 0.965. The van der Waals surface area contributed by atoms with Crippen molar-refractivity contribution >= 4 is 17.5 Å². The molecule has 0 saturated heterocycles. The van der Waals surface area contributed by atoms with E-state index in [2.05, 4.69) is 20.6 Å². The Morgan fingerprint density at radius 2 is 2.05 bits per heavy atom. The van der Waals surface area contributed by atoms with E-state index in [9.17, 15) is 9.59 Å². The lowest BCUT2D eigenvalue weighted by atomic mass is 10.3. The van der Waals surface area contributed by atoms with Crippen LogP contribution in [0.2, 0.25) is 0 Å². The first-order valence-electron chi connectivity index (χ1n) is 7.10. The molecule has 2 aromatic heterocycles. The SMILES string of the molecule is CCC(=O)Nc1ccc(-n2cnc(C(=O)NC(C)C)c2)nc1. The van der Waals surface area contributed by atoms with Gasteiger partial charge in [0, 0.05) is 18.7 Å². The molecule has 22 heavy (non-hydrogen) atoms. The second-order valence-electron chi connectivity index (χ2n) is 5.10. The van der Waals surface area contributed by atoms with Crippen LogP contribution in [0.5, 0.6) is 0 Å². The van der Waals surface area contributed by atoms with Gasteiger partial charge in [0.15, 0.2) is 0 Å². The third kappa shape index (κ3) is 3.91. The minimum atomic E-state index is -0.222. The zero-order valence-corrected chi connectivity index (χ0v) is 12.8. The van der Waals surface area contributed by atoms with E-state index >= 15 is 0 Å². The Bertz CT molecular complexity index is 661. The highest BCUT2D eigenvalue weighted by atomic mass is 16.2. The Balaban J connectivity index is 2.11. The van der Waals surface area contributed by atoms with Gasteiger partial charge in [-0.15, -0.1) is 0 Å². The molecule has 0 aromatic carbocycles. The van der Waals surface area contributed by atoms with Crippen molar-refractivity contribution in [3.05, 3.63) is 36.5 Å². The van der Waals surface area contributed by atoms with Crippen LogP contribution in [-0.4, -0.2) is 32.4 Å². The van der Waals surface area contributed by atoms with Gasteiger partial charge in [0.2, 0.25) is 5.91 Å². The number of pyridine rings is 1. The summed E-state index contributed by atoms with van der Waals surface area (Å²) < 4.78 is 1.65. The first-order chi connectivity index (χ1) is 10.5. The first-order valence-corrected chi connectivity index (χ1v) is 7.10. The molecule has 2 rings (SSSR count). The Morgan fingerprint density at radius 1 is 1.27 bits per heavy atom. The molecule has 7 nitrogen and oxygen atoms in total. The summed E-state index contributed by atoms with van der Waals surface area (Å²) >= 11 is 0. The van der Waals surface area contributed by atoms with E-state index < -0.39 is 0 Å². The van der Waals surface area contributed by atoms with Gasteiger partial charge in [0.05, 0.1) is 11.9 Å². The fourth-order valence-corrected chi connectivity index (χ4v) is 1.76. The molecule has 0 atom stereocenters. The van der Waals surface area contributed by atoms with Crippen LogP contribution in [-0.2, 0) is 4.79 Å². The Kier molecular flexibility index (Phi) is 4.88. The fraction of sp³-hybridized carbons (Fsp3) is 0.333. The van der Waals surface area contributed by atoms with Crippen LogP contribution in [0.25, 0.3) is 5.82 Å². The van der Waals surface area contributed by atoms with E-state index in [1.54, 1.807) is 36.0 Å². The zero-order valence-electron chi connectivity index (χ0n) is 12.8. The summed E-state index contributed by atoms with van der Waals surface area (Å²) in [6, 6.07) is 3.55. The molecule has 2 N–H and O–H groups in total. The van der Waals surface area contributed by atoms with E-state index in [0.717, 1.165) is 0 Å². The van der Waals surface area contributed by atoms with Gasteiger partial charge in [0.1, 0.15) is 17.8 Å². The van der Waals surface area contributed by atoms with Crippen molar-refractivity contribution in [2.75, 3.05) is 5.32 Å². The number of carbonyl (C=O) groups excluding carboxylic acids is 2. The monoisotopic (exact) mass is 301 g/mol. The summed E-state index contributed by atoms with van der Waals surface area (Å²) in [6.45, 7) is 5.56. The van der Waals surface area contributed by atoms with Crippen molar-refractivity contribution < 1.29 is 9.59 Å². The number of nitrogens with one attached hydrogen (secondary N) is 2. The number of amides is 2. The fourth-order valence-electron chi connectivity index (χ4n) is 1.76. The van der Waals surface area contributed by atoms with Crippen LogP contribution in [0.4, 0.5) is 5.69 Å². The molecule has 0 radical (unpaired) electrons. The first kappa shape index (κ1) is 15.7. The molecule has 0 aliphatic rings. The lowest BCUT2D eigenvalue weighted by molar-refractivity contribution is -0.115. The maximum absolute atomic E-state index is 11.9. The summed E-state index contributed by atoms with van der Waals surface area (Å²) in [5.74, 6) is 0.330. The highest BCUT2D eigenvalue weighted by molar-refractivity contribution is 5.92. The second-order valence-corrected chi connectivity index (χ2v) is 5.10. The highest BCUT2D eigenvalue weighted by Gasteiger charge is 2.11. The summed E-state index contributed by atoms with van der Waals surface area (Å²) in [5, 5.41) is 5.50. The van der Waals surface area contributed by atoms with Crippen molar-refractivity contribution in [1.29, 1.82) is 0 Å². The molecule has 2 heterocycles. The van der Waals surface area contributed by atoms with Crippen LogP contribution >= 0.6 is 0 Å². The second kappa shape index (κ2) is 6.84. The Hall–Kier alpha value is -2.70. The van der Waals surface area contributed by atoms with Crippen molar-refractivity contribution in [3.63, 3.8) is 0 Å². The quantitative estimate of drug-likeness (QED) is 0.880. The van der Waals surface area contributed by atoms with E-state index in [1.165, 1.54) is 6.33 Å². The lowest BCUT2D eigenvalue weighted by Crippen LogP contribution is -2.30. The Labute approximate surface area is 128 Å². The topological polar surface area (TPSA) is 88.9 Å². The summed E-state index contributed by atoms with van der Waals surface area (Å²) in [6.07, 6.45) is 5.13. The molecule has 2 aromatic rings. The minimum absolute atomic E-state index is 0.0530. The molecule has 2 amide bonds. The molecule has 7 heteroatoms. The van der Waals surface area contributed by atoms with Crippen molar-refractivity contribution in [2.45, 2.75) is 33.2 Å². The average Bonchev–Trinajstić information content (AvgIpc) is 2.97. The van der Waals surface area contributed by atoms with E-state index in [0.29, 0.717) is 23.6 Å². The predicted octanol–water partition coefficient (Wildman–Crippen LogP) is 1.75. The van der Waals surface area contributed by atoms with Gasteiger partial charge >= 0.3 is 0 Å². The number of hydrogen-bond acceptors (Lipinski definition) is 4. The van der Waals surface area contributed by atoms with Gasteiger partial charge in [-0.05, 0) is 26.0 Å². The normalized spacial score (nSPS) is 10.5. The van der Waals surface area contributed by atoms with Gasteiger partial charge in [-0.25, -0.2) is 9.97 Å². The maximum Gasteiger partial charge on any atom is 0.271 e. The van der Waals surface area contributed by atoms with Crippen LogP contribution in [0.3, 0.4) is 0 Å². The van der Waals surface area contributed by atoms with E-state index in [-0.39, 0.29) is 17.9 Å². The van der Waals surface area contributed by atoms with Gasteiger partial charge in [-0.2, -0.15) is 0 Å². The van der Waals surface area contributed by atoms with Crippen LogP contribution in [0.1, 0.15) is 37.7 Å². The number of aromatic nitrogens is 3. The molecule has 0 bridgehead atoms. The molecule has 0 aliphatic heterocycles. The molecule has 0 unspecified atom stereocenters. The average molecular weight is 301 g/mol. The van der Waals surface area contributed by atoms with Crippen LogP contribution < -0.4 is 10.6 Å². The number of carbonyl (C=O) groups is 2.